The van der Waals surface area contributed by atoms with Gasteiger partial charge >= 0.3 is 0 Å². The van der Waals surface area contributed by atoms with Gasteiger partial charge in [-0.15, -0.1) is 0 Å². The number of rotatable bonds is 2. The highest BCUT2D eigenvalue weighted by Gasteiger charge is 2.16. The molecule has 0 amide bonds. The molecule has 0 atom stereocenters. The fourth-order valence-corrected chi connectivity index (χ4v) is 2.18. The summed E-state index contributed by atoms with van der Waals surface area (Å²) in [6, 6.07) is 0. The molecule has 0 aromatic carbocycles. The molecule has 2 aromatic heterocycles. The van der Waals surface area contributed by atoms with Crippen LogP contribution in [0.3, 0.4) is 0 Å². The minimum Gasteiger partial charge on any atom is -0.349 e. The van der Waals surface area contributed by atoms with Crippen molar-refractivity contribution in [3.63, 3.8) is 0 Å². The average Bonchev–Trinajstić information content (AvgIpc) is 2.97. The predicted octanol–water partition coefficient (Wildman–Crippen LogP) is 1.90. The molecule has 1 N–H and O–H groups in total. The van der Waals surface area contributed by atoms with E-state index in [4.69, 9.17) is 0 Å². The molecule has 2 aromatic rings. The van der Waals surface area contributed by atoms with E-state index in [0.29, 0.717) is 0 Å². The predicted molar refractivity (Wildman–Crippen MR) is 64.6 cm³/mol. The van der Waals surface area contributed by atoms with Gasteiger partial charge in [0, 0.05) is 19.3 Å². The molecule has 4 heteroatoms. The highest BCUT2D eigenvalue weighted by atomic mass is 15.2. The molecule has 4 nitrogen and oxygen atoms in total. The molecule has 0 fully saturated rings. The van der Waals surface area contributed by atoms with Gasteiger partial charge in [-0.25, -0.2) is 9.97 Å². The van der Waals surface area contributed by atoms with Crippen LogP contribution in [0.1, 0.15) is 12.5 Å². The van der Waals surface area contributed by atoms with Crippen LogP contribution in [-0.4, -0.2) is 28.0 Å². The number of fused-ring (bicyclic) bond motifs is 1. The SMILES string of the molecule is CCc1c[nH]c2ncnc(N3CC=CC3)c12. The van der Waals surface area contributed by atoms with E-state index >= 15 is 0 Å². The van der Waals surface area contributed by atoms with E-state index in [0.717, 1.165) is 31.0 Å². The molecule has 16 heavy (non-hydrogen) atoms. The second-order valence-electron chi connectivity index (χ2n) is 3.96. The maximum atomic E-state index is 4.42. The standard InChI is InChI=1S/C12H14N4/c1-2-9-7-13-11-10(9)12(15-8-14-11)16-5-3-4-6-16/h3-4,7-8H,2,5-6H2,1H3,(H,13,14,15). The van der Waals surface area contributed by atoms with E-state index in [9.17, 15) is 0 Å². The third-order valence-electron chi connectivity index (χ3n) is 3.03. The smallest absolute Gasteiger partial charge is 0.143 e. The molecule has 0 bridgehead atoms. The van der Waals surface area contributed by atoms with E-state index in [2.05, 4.69) is 38.9 Å². The molecule has 0 unspecified atom stereocenters. The van der Waals surface area contributed by atoms with Crippen LogP contribution in [0.4, 0.5) is 5.82 Å². The van der Waals surface area contributed by atoms with Crippen LogP contribution in [0.2, 0.25) is 0 Å². The zero-order valence-corrected chi connectivity index (χ0v) is 9.27. The summed E-state index contributed by atoms with van der Waals surface area (Å²) in [5.41, 5.74) is 2.23. The second kappa shape index (κ2) is 3.63. The molecule has 0 saturated heterocycles. The number of aromatic nitrogens is 3. The summed E-state index contributed by atoms with van der Waals surface area (Å²) in [5, 5.41) is 1.17. The van der Waals surface area contributed by atoms with Crippen LogP contribution in [0.5, 0.6) is 0 Å². The van der Waals surface area contributed by atoms with Crippen molar-refractivity contribution in [2.24, 2.45) is 0 Å². The summed E-state index contributed by atoms with van der Waals surface area (Å²) in [6.07, 6.45) is 9.01. The normalized spacial score (nSPS) is 15.2. The largest absolute Gasteiger partial charge is 0.349 e. The monoisotopic (exact) mass is 214 g/mol. The molecule has 0 spiro atoms. The number of hydrogen-bond donors (Lipinski definition) is 1. The Labute approximate surface area is 94.0 Å². The van der Waals surface area contributed by atoms with E-state index < -0.39 is 0 Å². The first kappa shape index (κ1) is 9.39. The molecule has 0 saturated carbocycles. The zero-order chi connectivity index (χ0) is 11.0. The molecule has 82 valence electrons. The molecule has 0 radical (unpaired) electrons. The van der Waals surface area contributed by atoms with Crippen LogP contribution in [0.15, 0.2) is 24.7 Å². The van der Waals surface area contributed by atoms with E-state index in [1.165, 1.54) is 10.9 Å². The highest BCUT2D eigenvalue weighted by Crippen LogP contribution is 2.27. The Bertz CT molecular complexity index is 533. The number of aromatic amines is 1. The summed E-state index contributed by atoms with van der Waals surface area (Å²) in [4.78, 5) is 14.2. The molecule has 1 aliphatic heterocycles. The van der Waals surface area contributed by atoms with E-state index in [1.54, 1.807) is 6.33 Å². The second-order valence-corrected chi connectivity index (χ2v) is 3.96. The number of hydrogen-bond acceptors (Lipinski definition) is 3. The minimum absolute atomic E-state index is 0.939. The lowest BCUT2D eigenvalue weighted by molar-refractivity contribution is 0.967. The highest BCUT2D eigenvalue weighted by molar-refractivity contribution is 5.91. The Hall–Kier alpha value is -1.84. The number of anilines is 1. The lowest BCUT2D eigenvalue weighted by atomic mass is 10.2. The summed E-state index contributed by atoms with van der Waals surface area (Å²) in [7, 11) is 0. The molecule has 1 aliphatic rings. The summed E-state index contributed by atoms with van der Waals surface area (Å²) in [6.45, 7) is 4.04. The van der Waals surface area contributed by atoms with Crippen molar-refractivity contribution in [3.8, 4) is 0 Å². The zero-order valence-electron chi connectivity index (χ0n) is 9.27. The van der Waals surface area contributed by atoms with Gasteiger partial charge in [-0.05, 0) is 12.0 Å². The fourth-order valence-electron chi connectivity index (χ4n) is 2.18. The molecular weight excluding hydrogens is 200 g/mol. The van der Waals surface area contributed by atoms with Crippen molar-refractivity contribution < 1.29 is 0 Å². The van der Waals surface area contributed by atoms with Gasteiger partial charge in [0.1, 0.15) is 17.8 Å². The van der Waals surface area contributed by atoms with Crippen molar-refractivity contribution in [2.75, 3.05) is 18.0 Å². The van der Waals surface area contributed by atoms with Crippen LogP contribution < -0.4 is 4.90 Å². The van der Waals surface area contributed by atoms with Gasteiger partial charge in [-0.2, -0.15) is 0 Å². The Morgan fingerprint density at radius 3 is 2.88 bits per heavy atom. The number of H-pyrrole nitrogens is 1. The maximum absolute atomic E-state index is 4.42. The van der Waals surface area contributed by atoms with E-state index in [-0.39, 0.29) is 0 Å². The lowest BCUT2D eigenvalue weighted by Crippen LogP contribution is -2.20. The molecule has 3 rings (SSSR count). The van der Waals surface area contributed by atoms with Crippen molar-refractivity contribution in [1.82, 2.24) is 15.0 Å². The minimum atomic E-state index is 0.939. The van der Waals surface area contributed by atoms with E-state index in [1.807, 2.05) is 6.20 Å². The fraction of sp³-hybridized carbons (Fsp3) is 0.333. The van der Waals surface area contributed by atoms with Gasteiger partial charge in [-0.3, -0.25) is 0 Å². The van der Waals surface area contributed by atoms with Gasteiger partial charge < -0.3 is 9.88 Å². The van der Waals surface area contributed by atoms with Gasteiger partial charge in [-0.1, -0.05) is 19.1 Å². The quantitative estimate of drug-likeness (QED) is 0.776. The van der Waals surface area contributed by atoms with Crippen molar-refractivity contribution in [2.45, 2.75) is 13.3 Å². The lowest BCUT2D eigenvalue weighted by Gasteiger charge is -2.17. The Kier molecular flexibility index (Phi) is 2.13. The van der Waals surface area contributed by atoms with Gasteiger partial charge in [0.25, 0.3) is 0 Å². The van der Waals surface area contributed by atoms with Crippen LogP contribution in [0, 0.1) is 0 Å². The first-order valence-corrected chi connectivity index (χ1v) is 5.61. The van der Waals surface area contributed by atoms with Crippen molar-refractivity contribution >= 4 is 16.9 Å². The van der Waals surface area contributed by atoms with Crippen LogP contribution in [0.25, 0.3) is 11.0 Å². The van der Waals surface area contributed by atoms with Crippen LogP contribution >= 0.6 is 0 Å². The number of nitrogens with one attached hydrogen (secondary N) is 1. The molecule has 3 heterocycles. The third kappa shape index (κ3) is 1.30. The van der Waals surface area contributed by atoms with Gasteiger partial charge in [0.05, 0.1) is 5.39 Å². The topological polar surface area (TPSA) is 44.8 Å². The average molecular weight is 214 g/mol. The number of aryl methyl sites for hydroxylation is 1. The maximum Gasteiger partial charge on any atom is 0.143 e. The van der Waals surface area contributed by atoms with Crippen molar-refractivity contribution in [1.29, 1.82) is 0 Å². The third-order valence-corrected chi connectivity index (χ3v) is 3.03. The van der Waals surface area contributed by atoms with Crippen molar-refractivity contribution in [3.05, 3.63) is 30.2 Å². The van der Waals surface area contributed by atoms with Gasteiger partial charge in [0.15, 0.2) is 0 Å². The summed E-state index contributed by atoms with van der Waals surface area (Å²) in [5.74, 6) is 1.05. The molecular formula is C12H14N4. The summed E-state index contributed by atoms with van der Waals surface area (Å²) < 4.78 is 0. The number of nitrogens with zero attached hydrogens (tertiary/aromatic N) is 3. The summed E-state index contributed by atoms with van der Waals surface area (Å²) >= 11 is 0. The first-order valence-electron chi connectivity index (χ1n) is 5.61. The Balaban J connectivity index is 2.18. The van der Waals surface area contributed by atoms with Gasteiger partial charge in [0.2, 0.25) is 0 Å². The van der Waals surface area contributed by atoms with Crippen LogP contribution in [-0.2, 0) is 6.42 Å². The Morgan fingerprint density at radius 1 is 1.31 bits per heavy atom. The Morgan fingerprint density at radius 2 is 2.12 bits per heavy atom. The first-order chi connectivity index (χ1) is 7.90. The molecule has 0 aliphatic carbocycles.